The lowest BCUT2D eigenvalue weighted by Crippen LogP contribution is -2.19. The Labute approximate surface area is 96.0 Å². The van der Waals surface area contributed by atoms with Crippen molar-refractivity contribution < 1.29 is 9.53 Å². The zero-order chi connectivity index (χ0) is 11.1. The van der Waals surface area contributed by atoms with Crippen molar-refractivity contribution in [2.45, 2.75) is 6.42 Å². The SMILES string of the molecule is N#CNC(=O)CCOc1ccc(Br)cc1. The van der Waals surface area contributed by atoms with Crippen molar-refractivity contribution >= 4 is 21.8 Å². The third-order valence-corrected chi connectivity index (χ3v) is 2.14. The van der Waals surface area contributed by atoms with Gasteiger partial charge in [-0.25, -0.2) is 0 Å². The number of halogens is 1. The van der Waals surface area contributed by atoms with Gasteiger partial charge in [-0.2, -0.15) is 5.26 Å². The molecule has 0 atom stereocenters. The highest BCUT2D eigenvalue weighted by Gasteiger charge is 2.00. The van der Waals surface area contributed by atoms with Gasteiger partial charge >= 0.3 is 0 Å². The van der Waals surface area contributed by atoms with Crippen LogP contribution in [0.15, 0.2) is 28.7 Å². The molecular formula is C10H9BrN2O2. The fraction of sp³-hybridized carbons (Fsp3) is 0.200. The van der Waals surface area contributed by atoms with E-state index in [4.69, 9.17) is 10.00 Å². The number of nitriles is 1. The number of rotatable bonds is 4. The number of carbonyl (C=O) groups is 1. The van der Waals surface area contributed by atoms with Gasteiger partial charge in [0.25, 0.3) is 0 Å². The van der Waals surface area contributed by atoms with Gasteiger partial charge < -0.3 is 4.74 Å². The maximum atomic E-state index is 10.9. The number of nitrogens with one attached hydrogen (secondary N) is 1. The van der Waals surface area contributed by atoms with E-state index in [1.54, 1.807) is 18.3 Å². The molecule has 0 aliphatic heterocycles. The molecule has 0 fully saturated rings. The van der Waals surface area contributed by atoms with Gasteiger partial charge in [0.05, 0.1) is 13.0 Å². The molecule has 0 bridgehead atoms. The molecule has 0 radical (unpaired) electrons. The molecule has 4 nitrogen and oxygen atoms in total. The normalized spacial score (nSPS) is 9.07. The molecule has 0 saturated carbocycles. The second-order valence-corrected chi connectivity index (χ2v) is 3.63. The van der Waals surface area contributed by atoms with E-state index in [0.717, 1.165) is 4.47 Å². The summed E-state index contributed by atoms with van der Waals surface area (Å²) in [5.74, 6) is 0.359. The molecule has 0 unspecified atom stereocenters. The van der Waals surface area contributed by atoms with Crippen LogP contribution in [0.25, 0.3) is 0 Å². The highest BCUT2D eigenvalue weighted by Crippen LogP contribution is 2.15. The van der Waals surface area contributed by atoms with Crippen molar-refractivity contribution in [3.63, 3.8) is 0 Å². The first-order valence-electron chi connectivity index (χ1n) is 4.28. The number of ether oxygens (including phenoxy) is 1. The summed E-state index contributed by atoms with van der Waals surface area (Å²) in [5.41, 5.74) is 0. The molecule has 1 rings (SSSR count). The number of amides is 1. The lowest BCUT2D eigenvalue weighted by molar-refractivity contribution is -0.120. The maximum absolute atomic E-state index is 10.9. The van der Waals surface area contributed by atoms with Gasteiger partial charge in [-0.05, 0) is 24.3 Å². The quantitative estimate of drug-likeness (QED) is 0.669. The van der Waals surface area contributed by atoms with Gasteiger partial charge in [0.1, 0.15) is 5.75 Å². The predicted octanol–water partition coefficient (Wildman–Crippen LogP) is 1.82. The van der Waals surface area contributed by atoms with Gasteiger partial charge in [0.2, 0.25) is 5.91 Å². The molecule has 0 spiro atoms. The molecular weight excluding hydrogens is 260 g/mol. The van der Waals surface area contributed by atoms with Gasteiger partial charge in [-0.3, -0.25) is 10.1 Å². The van der Waals surface area contributed by atoms with Gasteiger partial charge in [-0.1, -0.05) is 15.9 Å². The van der Waals surface area contributed by atoms with Crippen LogP contribution in [0.2, 0.25) is 0 Å². The van der Waals surface area contributed by atoms with Gasteiger partial charge in [-0.15, -0.1) is 0 Å². The molecule has 1 N–H and O–H groups in total. The Morgan fingerprint density at radius 1 is 1.47 bits per heavy atom. The highest BCUT2D eigenvalue weighted by molar-refractivity contribution is 9.10. The summed E-state index contributed by atoms with van der Waals surface area (Å²) in [6, 6.07) is 7.30. The van der Waals surface area contributed by atoms with Gasteiger partial charge in [0.15, 0.2) is 6.19 Å². The van der Waals surface area contributed by atoms with E-state index in [1.165, 1.54) is 0 Å². The highest BCUT2D eigenvalue weighted by atomic mass is 79.9. The third-order valence-electron chi connectivity index (χ3n) is 1.61. The summed E-state index contributed by atoms with van der Waals surface area (Å²) in [6.07, 6.45) is 1.73. The second-order valence-electron chi connectivity index (χ2n) is 2.71. The van der Waals surface area contributed by atoms with E-state index in [-0.39, 0.29) is 18.9 Å². The zero-order valence-corrected chi connectivity index (χ0v) is 9.45. The lowest BCUT2D eigenvalue weighted by Gasteiger charge is -2.04. The van der Waals surface area contributed by atoms with E-state index in [0.29, 0.717) is 5.75 Å². The number of carbonyl (C=O) groups excluding carboxylic acids is 1. The number of nitrogens with zero attached hydrogens (tertiary/aromatic N) is 1. The number of hydrogen-bond acceptors (Lipinski definition) is 3. The van der Waals surface area contributed by atoms with Crippen molar-refractivity contribution in [2.24, 2.45) is 0 Å². The minimum Gasteiger partial charge on any atom is -0.493 e. The van der Waals surface area contributed by atoms with E-state index in [1.807, 2.05) is 17.4 Å². The topological polar surface area (TPSA) is 62.1 Å². The Morgan fingerprint density at radius 3 is 2.73 bits per heavy atom. The minimum absolute atomic E-state index is 0.170. The number of benzene rings is 1. The Morgan fingerprint density at radius 2 is 2.13 bits per heavy atom. The van der Waals surface area contributed by atoms with Crippen molar-refractivity contribution in [1.82, 2.24) is 5.32 Å². The fourth-order valence-electron chi connectivity index (χ4n) is 0.917. The van der Waals surface area contributed by atoms with Crippen LogP contribution in [0.4, 0.5) is 0 Å². The lowest BCUT2D eigenvalue weighted by atomic mass is 10.3. The Bertz CT molecular complexity index is 370. The molecule has 1 aromatic rings. The minimum atomic E-state index is -0.338. The first kappa shape index (κ1) is 11.5. The largest absolute Gasteiger partial charge is 0.493 e. The number of hydrogen-bond donors (Lipinski definition) is 1. The predicted molar refractivity (Wildman–Crippen MR) is 58.0 cm³/mol. The summed E-state index contributed by atoms with van der Waals surface area (Å²) < 4.78 is 6.26. The average molecular weight is 269 g/mol. The van der Waals surface area contributed by atoms with Crippen molar-refractivity contribution in [3.05, 3.63) is 28.7 Å². The van der Waals surface area contributed by atoms with E-state index < -0.39 is 0 Å². The zero-order valence-electron chi connectivity index (χ0n) is 7.87. The van der Waals surface area contributed by atoms with Crippen molar-refractivity contribution in [3.8, 4) is 11.9 Å². The van der Waals surface area contributed by atoms with Crippen LogP contribution in [-0.4, -0.2) is 12.5 Å². The smallest absolute Gasteiger partial charge is 0.236 e. The van der Waals surface area contributed by atoms with E-state index in [2.05, 4.69) is 15.9 Å². The monoisotopic (exact) mass is 268 g/mol. The first-order valence-corrected chi connectivity index (χ1v) is 5.08. The summed E-state index contributed by atoms with van der Waals surface area (Å²) in [5, 5.41) is 10.2. The van der Waals surface area contributed by atoms with Crippen LogP contribution in [0.3, 0.4) is 0 Å². The van der Waals surface area contributed by atoms with Crippen LogP contribution in [-0.2, 0) is 4.79 Å². The molecule has 0 saturated heterocycles. The third kappa shape index (κ3) is 4.47. The van der Waals surface area contributed by atoms with Gasteiger partial charge in [0, 0.05) is 4.47 Å². The Balaban J connectivity index is 2.29. The molecule has 0 aromatic heterocycles. The van der Waals surface area contributed by atoms with Crippen LogP contribution in [0.1, 0.15) is 6.42 Å². The molecule has 1 amide bonds. The molecule has 78 valence electrons. The van der Waals surface area contributed by atoms with Crippen molar-refractivity contribution in [2.75, 3.05) is 6.61 Å². The van der Waals surface area contributed by atoms with Crippen LogP contribution < -0.4 is 10.1 Å². The van der Waals surface area contributed by atoms with Crippen LogP contribution in [0.5, 0.6) is 5.75 Å². The first-order chi connectivity index (χ1) is 7.22. The average Bonchev–Trinajstić information content (AvgIpc) is 2.21. The molecule has 15 heavy (non-hydrogen) atoms. The summed E-state index contributed by atoms with van der Waals surface area (Å²) in [6.45, 7) is 0.259. The molecule has 5 heteroatoms. The summed E-state index contributed by atoms with van der Waals surface area (Å²) in [7, 11) is 0. The second kappa shape index (κ2) is 6.04. The van der Waals surface area contributed by atoms with Crippen molar-refractivity contribution in [1.29, 1.82) is 5.26 Å². The fourth-order valence-corrected chi connectivity index (χ4v) is 1.18. The molecule has 0 aliphatic rings. The maximum Gasteiger partial charge on any atom is 0.236 e. The molecule has 1 aromatic carbocycles. The van der Waals surface area contributed by atoms with Crippen LogP contribution in [0, 0.1) is 11.5 Å². The summed E-state index contributed by atoms with van der Waals surface area (Å²) in [4.78, 5) is 10.9. The van der Waals surface area contributed by atoms with E-state index in [9.17, 15) is 4.79 Å². The van der Waals surface area contributed by atoms with E-state index >= 15 is 0 Å². The summed E-state index contributed by atoms with van der Waals surface area (Å²) >= 11 is 3.30. The molecule has 0 heterocycles. The Hall–Kier alpha value is -1.54. The molecule has 0 aliphatic carbocycles. The van der Waals surface area contributed by atoms with Crippen LogP contribution >= 0.6 is 15.9 Å². The Kier molecular flexibility index (Phi) is 4.64. The standard InChI is InChI=1S/C10H9BrN2O2/c11-8-1-3-9(4-2-8)15-6-5-10(14)13-7-12/h1-4H,5-6H2,(H,13,14).